The molecule has 8 nitrogen and oxygen atoms in total. The van der Waals surface area contributed by atoms with Gasteiger partial charge in [-0.1, -0.05) is 80.9 Å². The van der Waals surface area contributed by atoms with Crippen LogP contribution >= 0.6 is 23.1 Å². The van der Waals surface area contributed by atoms with E-state index in [1.807, 2.05) is 51.3 Å². The van der Waals surface area contributed by atoms with Crippen LogP contribution in [0.1, 0.15) is 74.9 Å². The van der Waals surface area contributed by atoms with Crippen LogP contribution in [-0.4, -0.2) is 50.4 Å². The van der Waals surface area contributed by atoms with Crippen LogP contribution in [-0.2, 0) is 47.6 Å². The molecule has 4 aromatic carbocycles. The minimum atomic E-state index is -4.13. The Morgan fingerprint density at radius 3 is 2.47 bits per heavy atom. The number of ether oxygens (including phenoxy) is 1. The predicted octanol–water partition coefficient (Wildman–Crippen LogP) is 10.6. The Hall–Kier alpha value is -4.37. The number of halogens is 2. The lowest BCUT2D eigenvalue weighted by Crippen LogP contribution is -2.29. The third kappa shape index (κ3) is 8.98. The molecule has 316 valence electrons. The lowest BCUT2D eigenvalue weighted by molar-refractivity contribution is -0.144. The number of rotatable bonds is 6. The monoisotopic (exact) mass is 890 g/mol. The van der Waals surface area contributed by atoms with Crippen molar-refractivity contribution in [3.8, 4) is 10.6 Å². The predicted molar refractivity (Wildman–Crippen MR) is 235 cm³/mol. The summed E-state index contributed by atoms with van der Waals surface area (Å²) in [4.78, 5) is 18.0. The number of nitrogens with zero attached hydrogens (tertiary/aromatic N) is 2. The first-order chi connectivity index (χ1) is 28.3. The van der Waals surface area contributed by atoms with Crippen molar-refractivity contribution < 1.29 is 35.1 Å². The molecule has 0 radical (unpaired) electrons. The minimum Gasteiger partial charge on any atom is -0.469 e. The van der Waals surface area contributed by atoms with E-state index in [4.69, 9.17) is 9.72 Å². The molecule has 0 fully saturated rings. The summed E-state index contributed by atoms with van der Waals surface area (Å²) in [6.07, 6.45) is 3.60. The third-order valence-corrected chi connectivity index (χ3v) is 17.3. The molecule has 7 rings (SSSR count). The van der Waals surface area contributed by atoms with Crippen molar-refractivity contribution in [1.29, 1.82) is 0 Å². The van der Waals surface area contributed by atoms with Gasteiger partial charge in [0, 0.05) is 38.9 Å². The molecular formula is C46H48F2N2O6S4. The van der Waals surface area contributed by atoms with Crippen molar-refractivity contribution in [1.82, 2.24) is 8.96 Å². The van der Waals surface area contributed by atoms with Gasteiger partial charge in [-0.25, -0.2) is 34.6 Å². The molecule has 60 heavy (non-hydrogen) atoms. The molecule has 0 saturated heterocycles. The topological polar surface area (TPSA) is 112 Å². The molecule has 0 amide bonds. The first kappa shape index (κ1) is 43.7. The maximum Gasteiger partial charge on any atom is 0.308 e. The molecule has 6 aromatic rings. The summed E-state index contributed by atoms with van der Waals surface area (Å²) in [5, 5.41) is 2.80. The van der Waals surface area contributed by atoms with Gasteiger partial charge < -0.3 is 4.74 Å². The van der Waals surface area contributed by atoms with Crippen LogP contribution in [0, 0.1) is 29.9 Å². The number of sulfone groups is 1. The molecule has 2 atom stereocenters. The molecule has 0 aliphatic carbocycles. The van der Waals surface area contributed by atoms with Gasteiger partial charge in [0.05, 0.1) is 45.5 Å². The number of hydrogen-bond acceptors (Lipinski definition) is 9. The maximum atomic E-state index is 16.6. The largest absolute Gasteiger partial charge is 0.469 e. The summed E-state index contributed by atoms with van der Waals surface area (Å²) in [6, 6.07) is 21.6. The van der Waals surface area contributed by atoms with Gasteiger partial charge in [-0.3, -0.25) is 4.79 Å². The van der Waals surface area contributed by atoms with E-state index in [0.29, 0.717) is 46.5 Å². The highest BCUT2D eigenvalue weighted by Crippen LogP contribution is 2.44. The lowest BCUT2D eigenvalue weighted by atomic mass is 9.74. The quantitative estimate of drug-likeness (QED) is 0.152. The zero-order chi connectivity index (χ0) is 43.2. The van der Waals surface area contributed by atoms with E-state index >= 15 is 8.78 Å². The zero-order valence-corrected chi connectivity index (χ0v) is 37.7. The van der Waals surface area contributed by atoms with Gasteiger partial charge in [0.1, 0.15) is 16.6 Å². The summed E-state index contributed by atoms with van der Waals surface area (Å²) < 4.78 is 94.1. The smallest absolute Gasteiger partial charge is 0.308 e. The Kier molecular flexibility index (Phi) is 12.3. The van der Waals surface area contributed by atoms with Crippen molar-refractivity contribution in [3.63, 3.8) is 0 Å². The molecule has 1 aliphatic rings. The highest BCUT2D eigenvalue weighted by Gasteiger charge is 2.35. The molecule has 0 N–H and O–H groups in total. The SMILES string of the molecule is COC(=O)[C@@H](C)Cc1cccc(C2(C)CCCC(C)(C)CS(=O)(=O)CCc3c(c(F)cc4c3ccn4S(=O)(=O)c3ccc(C)cc3)Sc3ccc(F)c(c3)-c3nc2cs3)c1. The van der Waals surface area contributed by atoms with Gasteiger partial charge >= 0.3 is 5.97 Å². The van der Waals surface area contributed by atoms with Crippen LogP contribution < -0.4 is 0 Å². The van der Waals surface area contributed by atoms with E-state index in [0.717, 1.165) is 38.1 Å². The van der Waals surface area contributed by atoms with Gasteiger partial charge in [-0.15, -0.1) is 11.3 Å². The minimum absolute atomic E-state index is 0.0345. The molecule has 14 heteroatoms. The average Bonchev–Trinajstić information content (AvgIpc) is 3.86. The number of thiazole rings is 1. The van der Waals surface area contributed by atoms with Crippen LogP contribution in [0.5, 0.6) is 0 Å². The van der Waals surface area contributed by atoms with E-state index < -0.39 is 42.3 Å². The number of hydrogen-bond donors (Lipinski definition) is 0. The second-order valence-electron chi connectivity index (χ2n) is 16.8. The van der Waals surface area contributed by atoms with Crippen LogP contribution in [0.2, 0.25) is 0 Å². The molecule has 1 aliphatic heterocycles. The fourth-order valence-electron chi connectivity index (χ4n) is 8.19. The lowest BCUT2D eigenvalue weighted by Gasteiger charge is -2.32. The molecule has 0 spiro atoms. The van der Waals surface area contributed by atoms with E-state index in [9.17, 15) is 21.6 Å². The van der Waals surface area contributed by atoms with Gasteiger partial charge in [-0.2, -0.15) is 0 Å². The Balaban J connectivity index is 1.34. The van der Waals surface area contributed by atoms with Crippen molar-refractivity contribution >= 4 is 59.8 Å². The second kappa shape index (κ2) is 16.8. The Morgan fingerprint density at radius 2 is 1.73 bits per heavy atom. The molecule has 0 saturated carbocycles. The van der Waals surface area contributed by atoms with Crippen molar-refractivity contribution in [2.75, 3.05) is 18.6 Å². The van der Waals surface area contributed by atoms with Crippen molar-refractivity contribution in [2.24, 2.45) is 11.3 Å². The Labute approximate surface area is 359 Å². The molecule has 4 bridgehead atoms. The molecule has 2 aromatic heterocycles. The standard InChI is InChI=1S/C46H48F2N2O6S4/c1-29-11-14-34(15-12-29)60(54,55)50-21-17-35-36-18-22-59(52,53)28-45(3,4)19-8-20-46(5,32-10-7-9-31(24-32)23-30(2)44(51)56-6)41-27-57-43(49-41)37-25-33(13-16-38(37)47)58-42(36)39(48)26-40(35)50/h7,9-17,21,24-27,30H,8,18-20,22-23,28H2,1-6H3/t30-,46?/m0/s1. The van der Waals surface area contributed by atoms with E-state index in [1.165, 1.54) is 48.9 Å². The highest BCUT2D eigenvalue weighted by atomic mass is 32.2. The zero-order valence-electron chi connectivity index (χ0n) is 34.4. The highest BCUT2D eigenvalue weighted by molar-refractivity contribution is 7.99. The fourth-order valence-corrected chi connectivity index (χ4v) is 13.5. The van der Waals surface area contributed by atoms with Gasteiger partial charge in [-0.05, 0) is 98.0 Å². The second-order valence-corrected chi connectivity index (χ2v) is 22.8. The number of methoxy groups -OCH3 is 1. The number of benzene rings is 4. The van der Waals surface area contributed by atoms with Crippen molar-refractivity contribution in [3.05, 3.63) is 130 Å². The average molecular weight is 891 g/mol. The number of carbonyl (C=O) groups is 1. The summed E-state index contributed by atoms with van der Waals surface area (Å²) in [5.74, 6) is -2.27. The Morgan fingerprint density at radius 1 is 0.983 bits per heavy atom. The number of aryl methyl sites for hydroxylation is 2. The Bertz CT molecular complexity index is 2810. The normalized spacial score (nSPS) is 18.9. The molecular weight excluding hydrogens is 843 g/mol. The first-order valence-electron chi connectivity index (χ1n) is 19.8. The van der Waals surface area contributed by atoms with Gasteiger partial charge in [0.15, 0.2) is 9.84 Å². The number of aromatic nitrogens is 2. The molecule has 1 unspecified atom stereocenters. The van der Waals surface area contributed by atoms with E-state index in [2.05, 4.69) is 13.0 Å². The third-order valence-electron chi connectivity index (χ3n) is 11.5. The summed E-state index contributed by atoms with van der Waals surface area (Å²) in [6.45, 7) is 9.63. The van der Waals surface area contributed by atoms with Crippen molar-refractivity contribution in [2.45, 2.75) is 86.8 Å². The van der Waals surface area contributed by atoms with Crippen LogP contribution in [0.3, 0.4) is 0 Å². The maximum absolute atomic E-state index is 16.6. The summed E-state index contributed by atoms with van der Waals surface area (Å²) in [5.41, 5.74) is 2.94. The van der Waals surface area contributed by atoms with Gasteiger partial charge in [0.25, 0.3) is 10.0 Å². The van der Waals surface area contributed by atoms with Gasteiger partial charge in [0.2, 0.25) is 0 Å². The number of fused-ring (bicyclic) bond motifs is 8. The van der Waals surface area contributed by atoms with Crippen LogP contribution in [0.25, 0.3) is 21.5 Å². The summed E-state index contributed by atoms with van der Waals surface area (Å²) in [7, 11) is -6.47. The first-order valence-corrected chi connectivity index (χ1v) is 24.7. The number of carbonyl (C=O) groups excluding carboxylic acids is 1. The van der Waals surface area contributed by atoms with E-state index in [-0.39, 0.29) is 50.7 Å². The number of esters is 1. The molecule has 3 heterocycles. The van der Waals surface area contributed by atoms with E-state index in [1.54, 1.807) is 30.3 Å². The van der Waals surface area contributed by atoms with Crippen LogP contribution in [0.15, 0.2) is 105 Å². The van der Waals surface area contributed by atoms with Crippen LogP contribution in [0.4, 0.5) is 8.78 Å². The fraction of sp³-hybridized carbons (Fsp3) is 0.348. The summed E-state index contributed by atoms with van der Waals surface area (Å²) >= 11 is 2.35.